The summed E-state index contributed by atoms with van der Waals surface area (Å²) in [6.07, 6.45) is 0. The smallest absolute Gasteiger partial charge is 0.317 e. The molecule has 2 aromatic carbocycles. The predicted molar refractivity (Wildman–Crippen MR) is 120 cm³/mol. The standard InChI is InChI=1S/C22H27N3O7S/c1-29-18-6-4-17(14-20(18)30-2)33(27,28)25-9-7-24(8-10-25)22(26)23-15-16-3-5-19-21(13-16)32-12-11-31-19/h3-6,13-14H,7-12,15H2,1-2H3,(H,23,26). The molecular formula is C22H27N3O7S. The van der Waals surface area contributed by atoms with Crippen molar-refractivity contribution in [2.45, 2.75) is 11.4 Å². The van der Waals surface area contributed by atoms with Crippen molar-refractivity contribution in [2.75, 3.05) is 53.6 Å². The number of urea groups is 1. The number of methoxy groups -OCH3 is 2. The van der Waals surface area contributed by atoms with Gasteiger partial charge in [-0.1, -0.05) is 6.07 Å². The Hall–Kier alpha value is -3.18. The first-order valence-corrected chi connectivity index (χ1v) is 12.0. The van der Waals surface area contributed by atoms with Crippen molar-refractivity contribution in [2.24, 2.45) is 0 Å². The Kier molecular flexibility index (Phi) is 6.80. The molecule has 2 aromatic rings. The van der Waals surface area contributed by atoms with E-state index in [4.69, 9.17) is 18.9 Å². The van der Waals surface area contributed by atoms with Crippen LogP contribution in [0.25, 0.3) is 0 Å². The van der Waals surface area contributed by atoms with E-state index in [1.165, 1.54) is 30.7 Å². The minimum absolute atomic E-state index is 0.122. The van der Waals surface area contributed by atoms with Crippen molar-refractivity contribution < 1.29 is 32.2 Å². The lowest BCUT2D eigenvalue weighted by Gasteiger charge is -2.34. The van der Waals surface area contributed by atoms with Gasteiger partial charge in [0.05, 0.1) is 19.1 Å². The Bertz CT molecular complexity index is 1110. The molecule has 2 amide bonds. The second-order valence-corrected chi connectivity index (χ2v) is 9.48. The van der Waals surface area contributed by atoms with E-state index in [1.807, 2.05) is 18.2 Å². The fourth-order valence-electron chi connectivity index (χ4n) is 3.74. The zero-order valence-corrected chi connectivity index (χ0v) is 19.4. The van der Waals surface area contributed by atoms with Crippen molar-refractivity contribution in [1.29, 1.82) is 0 Å². The molecule has 33 heavy (non-hydrogen) atoms. The van der Waals surface area contributed by atoms with Crippen LogP contribution in [0.15, 0.2) is 41.3 Å². The maximum atomic E-state index is 13.0. The maximum absolute atomic E-state index is 13.0. The predicted octanol–water partition coefficient (Wildman–Crippen LogP) is 1.69. The van der Waals surface area contributed by atoms with Gasteiger partial charge in [-0.25, -0.2) is 13.2 Å². The minimum atomic E-state index is -3.72. The number of benzene rings is 2. The summed E-state index contributed by atoms with van der Waals surface area (Å²) < 4.78 is 48.9. The molecule has 4 rings (SSSR count). The van der Waals surface area contributed by atoms with E-state index in [2.05, 4.69) is 5.32 Å². The highest BCUT2D eigenvalue weighted by Gasteiger charge is 2.30. The Morgan fingerprint density at radius 2 is 1.64 bits per heavy atom. The average Bonchev–Trinajstić information content (AvgIpc) is 2.86. The molecule has 1 N–H and O–H groups in total. The normalized spacial score (nSPS) is 16.2. The zero-order chi connectivity index (χ0) is 23.4. The molecule has 2 heterocycles. The van der Waals surface area contributed by atoms with Gasteiger partial charge in [-0.05, 0) is 29.8 Å². The molecule has 0 radical (unpaired) electrons. The third-order valence-electron chi connectivity index (χ3n) is 5.57. The number of carbonyl (C=O) groups is 1. The van der Waals surface area contributed by atoms with Gasteiger partial charge in [0.2, 0.25) is 10.0 Å². The summed E-state index contributed by atoms with van der Waals surface area (Å²) >= 11 is 0. The lowest BCUT2D eigenvalue weighted by atomic mass is 10.2. The van der Waals surface area contributed by atoms with Gasteiger partial charge in [0.1, 0.15) is 13.2 Å². The summed E-state index contributed by atoms with van der Waals surface area (Å²) in [6.45, 7) is 2.34. The molecule has 11 heteroatoms. The van der Waals surface area contributed by atoms with Gasteiger partial charge in [-0.15, -0.1) is 0 Å². The Balaban J connectivity index is 1.33. The summed E-state index contributed by atoms with van der Waals surface area (Å²) in [5.41, 5.74) is 0.891. The van der Waals surface area contributed by atoms with E-state index in [-0.39, 0.29) is 24.0 Å². The highest BCUT2D eigenvalue weighted by atomic mass is 32.2. The van der Waals surface area contributed by atoms with E-state index < -0.39 is 10.0 Å². The molecule has 0 unspecified atom stereocenters. The van der Waals surface area contributed by atoms with Crippen LogP contribution >= 0.6 is 0 Å². The average molecular weight is 478 g/mol. The SMILES string of the molecule is COc1ccc(S(=O)(=O)N2CCN(C(=O)NCc3ccc4c(c3)OCCO4)CC2)cc1OC. The van der Waals surface area contributed by atoms with E-state index in [9.17, 15) is 13.2 Å². The molecule has 0 aromatic heterocycles. The molecule has 0 saturated carbocycles. The number of ether oxygens (including phenoxy) is 4. The summed E-state index contributed by atoms with van der Waals surface area (Å²) in [7, 11) is -0.774. The monoisotopic (exact) mass is 477 g/mol. The van der Waals surface area contributed by atoms with E-state index in [0.717, 1.165) is 5.56 Å². The van der Waals surface area contributed by atoms with Crippen LogP contribution < -0.4 is 24.3 Å². The fraction of sp³-hybridized carbons (Fsp3) is 0.409. The first kappa shape index (κ1) is 23.0. The van der Waals surface area contributed by atoms with Crippen molar-refractivity contribution in [1.82, 2.24) is 14.5 Å². The molecular weight excluding hydrogens is 450 g/mol. The minimum Gasteiger partial charge on any atom is -0.493 e. The maximum Gasteiger partial charge on any atom is 0.317 e. The highest BCUT2D eigenvalue weighted by molar-refractivity contribution is 7.89. The molecule has 0 aliphatic carbocycles. The van der Waals surface area contributed by atoms with Crippen LogP contribution in [0.4, 0.5) is 4.79 Å². The molecule has 0 bridgehead atoms. The second-order valence-electron chi connectivity index (χ2n) is 7.54. The van der Waals surface area contributed by atoms with Crippen molar-refractivity contribution >= 4 is 16.1 Å². The molecule has 2 aliphatic heterocycles. The first-order valence-electron chi connectivity index (χ1n) is 10.6. The van der Waals surface area contributed by atoms with Crippen molar-refractivity contribution in [3.8, 4) is 23.0 Å². The number of nitrogens with zero attached hydrogens (tertiary/aromatic N) is 2. The van der Waals surface area contributed by atoms with E-state index in [0.29, 0.717) is 55.8 Å². The quantitative estimate of drug-likeness (QED) is 0.675. The van der Waals surface area contributed by atoms with Crippen molar-refractivity contribution in [3.05, 3.63) is 42.0 Å². The van der Waals surface area contributed by atoms with E-state index >= 15 is 0 Å². The van der Waals surface area contributed by atoms with Crippen LogP contribution in [0.5, 0.6) is 23.0 Å². The van der Waals surface area contributed by atoms with Gasteiger partial charge in [-0.2, -0.15) is 4.31 Å². The Morgan fingerprint density at radius 3 is 2.33 bits per heavy atom. The molecule has 178 valence electrons. The van der Waals surface area contributed by atoms with Gasteiger partial charge in [-0.3, -0.25) is 0 Å². The Labute approximate surface area is 193 Å². The molecule has 10 nitrogen and oxygen atoms in total. The first-order chi connectivity index (χ1) is 15.9. The Morgan fingerprint density at radius 1 is 0.939 bits per heavy atom. The summed E-state index contributed by atoms with van der Waals surface area (Å²) in [5.74, 6) is 2.16. The fourth-order valence-corrected chi connectivity index (χ4v) is 5.18. The number of sulfonamides is 1. The number of hydrogen-bond donors (Lipinski definition) is 1. The molecule has 1 saturated heterocycles. The van der Waals surface area contributed by atoms with E-state index in [1.54, 1.807) is 11.0 Å². The van der Waals surface area contributed by atoms with Crippen molar-refractivity contribution in [3.63, 3.8) is 0 Å². The summed E-state index contributed by atoms with van der Waals surface area (Å²) in [5, 5.41) is 2.88. The van der Waals surface area contributed by atoms with Crippen LogP contribution in [-0.4, -0.2) is 77.3 Å². The lowest BCUT2D eigenvalue weighted by Crippen LogP contribution is -2.52. The number of piperazine rings is 1. The second kappa shape index (κ2) is 9.75. The number of carbonyl (C=O) groups excluding carboxylic acids is 1. The topological polar surface area (TPSA) is 107 Å². The third-order valence-corrected chi connectivity index (χ3v) is 7.46. The molecule has 0 atom stereocenters. The van der Waals surface area contributed by atoms with Gasteiger partial charge >= 0.3 is 6.03 Å². The molecule has 2 aliphatic rings. The molecule has 0 spiro atoms. The number of amides is 2. The van der Waals surface area contributed by atoms with Crippen LogP contribution in [0, 0.1) is 0 Å². The number of rotatable bonds is 6. The van der Waals surface area contributed by atoms with Crippen LogP contribution in [0.1, 0.15) is 5.56 Å². The van der Waals surface area contributed by atoms with Gasteiger partial charge < -0.3 is 29.2 Å². The highest BCUT2D eigenvalue weighted by Crippen LogP contribution is 2.32. The van der Waals surface area contributed by atoms with Crippen LogP contribution in [0.2, 0.25) is 0 Å². The van der Waals surface area contributed by atoms with Gasteiger partial charge in [0.15, 0.2) is 23.0 Å². The largest absolute Gasteiger partial charge is 0.493 e. The summed E-state index contributed by atoms with van der Waals surface area (Å²) in [4.78, 5) is 14.3. The van der Waals surface area contributed by atoms with Gasteiger partial charge in [0, 0.05) is 38.8 Å². The number of fused-ring (bicyclic) bond motifs is 1. The van der Waals surface area contributed by atoms with Gasteiger partial charge in [0.25, 0.3) is 0 Å². The third kappa shape index (κ3) is 4.93. The van der Waals surface area contributed by atoms with Crippen LogP contribution in [-0.2, 0) is 16.6 Å². The summed E-state index contributed by atoms with van der Waals surface area (Å²) in [6, 6.07) is 9.81. The number of hydrogen-bond acceptors (Lipinski definition) is 7. The number of nitrogens with one attached hydrogen (secondary N) is 1. The zero-order valence-electron chi connectivity index (χ0n) is 18.6. The van der Waals surface area contributed by atoms with Crippen LogP contribution in [0.3, 0.4) is 0 Å². The lowest BCUT2D eigenvalue weighted by molar-refractivity contribution is 0.170. The molecule has 1 fully saturated rings.